The lowest BCUT2D eigenvalue weighted by Crippen LogP contribution is -2.47. The lowest BCUT2D eigenvalue weighted by atomic mass is 10.0. The normalized spacial score (nSPS) is 24.0. The molecule has 2 N–H and O–H groups in total. The second-order valence-corrected chi connectivity index (χ2v) is 8.49. The molecular weight excluding hydrogens is 352 g/mol. The molecule has 0 aromatic carbocycles. The average molecular weight is 385 g/mol. The van der Waals surface area contributed by atoms with Gasteiger partial charge in [-0.05, 0) is 45.6 Å². The molecule has 1 aromatic heterocycles. The van der Waals surface area contributed by atoms with Crippen LogP contribution < -0.4 is 5.32 Å². The Kier molecular flexibility index (Phi) is 5.69. The summed E-state index contributed by atoms with van der Waals surface area (Å²) in [7, 11) is 0. The van der Waals surface area contributed by atoms with Crippen molar-refractivity contribution in [2.45, 2.75) is 77.0 Å². The van der Waals surface area contributed by atoms with Crippen molar-refractivity contribution in [1.82, 2.24) is 20.0 Å². The Labute approximate surface area is 167 Å². The van der Waals surface area contributed by atoms with Gasteiger partial charge in [0.15, 0.2) is 0 Å². The quantitative estimate of drug-likeness (QED) is 0.837. The first-order valence-electron chi connectivity index (χ1n) is 10.7. The molecule has 0 spiro atoms. The van der Waals surface area contributed by atoms with Crippen LogP contribution in [-0.4, -0.2) is 57.0 Å². The molecule has 4 rings (SSSR count). The van der Waals surface area contributed by atoms with Crippen LogP contribution in [-0.2, 0) is 0 Å². The van der Waals surface area contributed by atoms with E-state index >= 15 is 0 Å². The van der Waals surface area contributed by atoms with Gasteiger partial charge in [-0.3, -0.25) is 4.79 Å². The van der Waals surface area contributed by atoms with Crippen LogP contribution >= 0.6 is 0 Å². The smallest absolute Gasteiger partial charge is 0.257 e. The third-order valence-corrected chi connectivity index (χ3v) is 6.43. The van der Waals surface area contributed by atoms with Crippen molar-refractivity contribution in [1.29, 1.82) is 0 Å². The first kappa shape index (κ1) is 19.4. The summed E-state index contributed by atoms with van der Waals surface area (Å²) in [5, 5.41) is 18.3. The van der Waals surface area contributed by atoms with Gasteiger partial charge < -0.3 is 15.3 Å². The number of amides is 1. The maximum atomic E-state index is 13.2. The van der Waals surface area contributed by atoms with E-state index in [9.17, 15) is 9.90 Å². The Balaban J connectivity index is 1.42. The van der Waals surface area contributed by atoms with Gasteiger partial charge in [0.1, 0.15) is 0 Å². The van der Waals surface area contributed by atoms with Gasteiger partial charge in [0.05, 0.1) is 23.1 Å². The Morgan fingerprint density at radius 3 is 2.50 bits per heavy atom. The van der Waals surface area contributed by atoms with Crippen LogP contribution in [0.3, 0.4) is 0 Å². The van der Waals surface area contributed by atoms with E-state index in [-0.39, 0.29) is 5.91 Å². The molecule has 1 amide bonds. The van der Waals surface area contributed by atoms with Crippen molar-refractivity contribution in [3.05, 3.63) is 35.2 Å². The van der Waals surface area contributed by atoms with Crippen LogP contribution in [0.5, 0.6) is 0 Å². The highest BCUT2D eigenvalue weighted by atomic mass is 16.3. The van der Waals surface area contributed by atoms with E-state index in [4.69, 9.17) is 0 Å². The maximum Gasteiger partial charge on any atom is 0.257 e. The van der Waals surface area contributed by atoms with Crippen molar-refractivity contribution in [2.75, 3.05) is 13.1 Å². The van der Waals surface area contributed by atoms with E-state index in [0.717, 1.165) is 43.0 Å². The standard InChI is InChI=1S/C22H32N4O2/c1-15-21(16(2)26(24-15)19-8-5-9-20(27)14-19)22(28)25-12-10-18(11-13-25)23-17-6-3-4-7-17/h5,8-9,17-18,20,23,27H,3-4,6-7,10-14H2,1-2H3. The fourth-order valence-corrected chi connectivity index (χ4v) is 4.87. The molecule has 6 nitrogen and oxygen atoms in total. The molecule has 2 heterocycles. The molecule has 1 saturated heterocycles. The number of rotatable bonds is 4. The Morgan fingerprint density at radius 1 is 1.14 bits per heavy atom. The molecule has 1 atom stereocenters. The zero-order chi connectivity index (χ0) is 19.7. The number of hydrogen-bond donors (Lipinski definition) is 2. The monoisotopic (exact) mass is 384 g/mol. The van der Waals surface area contributed by atoms with E-state index in [2.05, 4.69) is 10.4 Å². The van der Waals surface area contributed by atoms with Gasteiger partial charge in [0.2, 0.25) is 0 Å². The van der Waals surface area contributed by atoms with E-state index < -0.39 is 6.10 Å². The molecule has 3 aliphatic rings. The number of carbonyl (C=O) groups excluding carboxylic acids is 1. The van der Waals surface area contributed by atoms with Gasteiger partial charge in [-0.2, -0.15) is 5.10 Å². The second-order valence-electron chi connectivity index (χ2n) is 8.49. The summed E-state index contributed by atoms with van der Waals surface area (Å²) in [6.07, 6.45) is 13.0. The number of piperidine rings is 1. The summed E-state index contributed by atoms with van der Waals surface area (Å²) in [5.41, 5.74) is 3.27. The van der Waals surface area contributed by atoms with Crippen LogP contribution in [0.2, 0.25) is 0 Å². The van der Waals surface area contributed by atoms with E-state index in [1.807, 2.05) is 35.6 Å². The van der Waals surface area contributed by atoms with Gasteiger partial charge in [0, 0.05) is 37.3 Å². The number of aromatic nitrogens is 2. The number of carbonyl (C=O) groups is 1. The zero-order valence-corrected chi connectivity index (χ0v) is 17.0. The maximum absolute atomic E-state index is 13.2. The molecule has 1 aromatic rings. The van der Waals surface area contributed by atoms with Crippen LogP contribution in [0.25, 0.3) is 5.70 Å². The van der Waals surface area contributed by atoms with E-state index in [1.165, 1.54) is 25.7 Å². The fourth-order valence-electron chi connectivity index (χ4n) is 4.87. The third kappa shape index (κ3) is 3.94. The number of aliphatic hydroxyl groups is 1. The largest absolute Gasteiger partial charge is 0.389 e. The zero-order valence-electron chi connectivity index (χ0n) is 17.0. The van der Waals surface area contributed by atoms with Gasteiger partial charge in [-0.25, -0.2) is 4.68 Å². The molecule has 152 valence electrons. The third-order valence-electron chi connectivity index (χ3n) is 6.43. The van der Waals surface area contributed by atoms with Crippen molar-refractivity contribution in [3.8, 4) is 0 Å². The highest BCUT2D eigenvalue weighted by Gasteiger charge is 2.29. The second kappa shape index (κ2) is 8.21. The highest BCUT2D eigenvalue weighted by Crippen LogP contribution is 2.25. The average Bonchev–Trinajstić information content (AvgIpc) is 3.29. The molecule has 6 heteroatoms. The molecule has 2 fully saturated rings. The minimum atomic E-state index is -0.491. The van der Waals surface area contributed by atoms with Crippen molar-refractivity contribution >= 4 is 11.6 Å². The molecule has 0 radical (unpaired) electrons. The van der Waals surface area contributed by atoms with Gasteiger partial charge >= 0.3 is 0 Å². The Morgan fingerprint density at radius 2 is 1.82 bits per heavy atom. The number of likely N-dealkylation sites (tertiary alicyclic amines) is 1. The summed E-state index contributed by atoms with van der Waals surface area (Å²) in [4.78, 5) is 15.2. The van der Waals surface area contributed by atoms with Gasteiger partial charge in [-0.15, -0.1) is 0 Å². The highest BCUT2D eigenvalue weighted by molar-refractivity contribution is 5.96. The molecule has 0 bridgehead atoms. The van der Waals surface area contributed by atoms with Crippen molar-refractivity contribution < 1.29 is 9.90 Å². The molecular formula is C22H32N4O2. The minimum Gasteiger partial charge on any atom is -0.389 e. The SMILES string of the molecule is Cc1nn(C2=CC=CC(O)C2)c(C)c1C(=O)N1CCC(NC2CCCC2)CC1. The van der Waals surface area contributed by atoms with Crippen molar-refractivity contribution in [3.63, 3.8) is 0 Å². The summed E-state index contributed by atoms with van der Waals surface area (Å²) < 4.78 is 1.82. The number of nitrogens with one attached hydrogen (secondary N) is 1. The predicted molar refractivity (Wildman–Crippen MR) is 110 cm³/mol. The van der Waals surface area contributed by atoms with Crippen LogP contribution in [0, 0.1) is 13.8 Å². The fraction of sp³-hybridized carbons (Fsp3) is 0.636. The summed E-state index contributed by atoms with van der Waals surface area (Å²) in [5.74, 6) is 0.0908. The molecule has 1 aliphatic heterocycles. The van der Waals surface area contributed by atoms with Crippen LogP contribution in [0.1, 0.15) is 66.7 Å². The number of nitrogens with zero attached hydrogens (tertiary/aromatic N) is 3. The first-order valence-corrected chi connectivity index (χ1v) is 10.7. The summed E-state index contributed by atoms with van der Waals surface area (Å²) in [6.45, 7) is 5.46. The predicted octanol–water partition coefficient (Wildman–Crippen LogP) is 2.80. The Hall–Kier alpha value is -1.92. The summed E-state index contributed by atoms with van der Waals surface area (Å²) >= 11 is 0. The summed E-state index contributed by atoms with van der Waals surface area (Å²) in [6, 6.07) is 1.22. The van der Waals surface area contributed by atoms with Gasteiger partial charge in [-0.1, -0.05) is 25.0 Å². The van der Waals surface area contributed by atoms with Crippen LogP contribution in [0.15, 0.2) is 18.2 Å². The van der Waals surface area contributed by atoms with E-state index in [1.54, 1.807) is 6.08 Å². The lowest BCUT2D eigenvalue weighted by Gasteiger charge is -2.34. The molecule has 28 heavy (non-hydrogen) atoms. The number of aryl methyl sites for hydroxylation is 1. The van der Waals surface area contributed by atoms with Crippen LogP contribution in [0.4, 0.5) is 0 Å². The lowest BCUT2D eigenvalue weighted by molar-refractivity contribution is 0.0700. The van der Waals surface area contributed by atoms with Crippen molar-refractivity contribution in [2.24, 2.45) is 0 Å². The van der Waals surface area contributed by atoms with Gasteiger partial charge in [0.25, 0.3) is 5.91 Å². The first-order chi connectivity index (χ1) is 13.5. The topological polar surface area (TPSA) is 70.4 Å². The Bertz CT molecular complexity index is 781. The van der Waals surface area contributed by atoms with E-state index in [0.29, 0.717) is 24.1 Å². The number of aliphatic hydroxyl groups excluding tert-OH is 1. The number of hydrogen-bond acceptors (Lipinski definition) is 4. The molecule has 1 saturated carbocycles. The molecule has 1 unspecified atom stereocenters. The number of allylic oxidation sites excluding steroid dienone is 2. The molecule has 2 aliphatic carbocycles. The minimum absolute atomic E-state index is 0.0908.